The fourth-order valence-corrected chi connectivity index (χ4v) is 3.89. The maximum Gasteiger partial charge on any atom is 0.251 e. The molecule has 3 aromatic rings. The topological polar surface area (TPSA) is 65.4 Å². The maximum atomic E-state index is 12.6. The first kappa shape index (κ1) is 16.7. The van der Waals surface area contributed by atoms with Crippen molar-refractivity contribution >= 4 is 17.2 Å². The predicted molar refractivity (Wildman–Crippen MR) is 99.1 cm³/mol. The van der Waals surface area contributed by atoms with Gasteiger partial charge in [-0.15, -0.1) is 11.3 Å². The lowest BCUT2D eigenvalue weighted by molar-refractivity contribution is 0.0948. The summed E-state index contributed by atoms with van der Waals surface area (Å²) in [5.41, 5.74) is 2.58. The van der Waals surface area contributed by atoms with Gasteiger partial charge in [-0.25, -0.2) is 0 Å². The SMILES string of the molecule is Cc1cc(C)n([C@H](CNC(=O)c2ccc3c(c2)OCO3)c2cccs2)n1. The van der Waals surface area contributed by atoms with Crippen LogP contribution in [0.1, 0.15) is 32.7 Å². The molecule has 1 aliphatic heterocycles. The Morgan fingerprint density at radius 1 is 1.27 bits per heavy atom. The van der Waals surface area contributed by atoms with Gasteiger partial charge in [0.2, 0.25) is 6.79 Å². The summed E-state index contributed by atoms with van der Waals surface area (Å²) in [6.07, 6.45) is 0. The molecule has 4 rings (SSSR count). The third-order valence-corrected chi connectivity index (χ3v) is 5.28. The number of nitrogens with one attached hydrogen (secondary N) is 1. The van der Waals surface area contributed by atoms with Crippen LogP contribution in [0.15, 0.2) is 41.8 Å². The van der Waals surface area contributed by atoms with Gasteiger partial charge in [0.1, 0.15) is 6.04 Å². The van der Waals surface area contributed by atoms with E-state index in [4.69, 9.17) is 9.47 Å². The average molecular weight is 369 g/mol. The summed E-state index contributed by atoms with van der Waals surface area (Å²) in [5.74, 6) is 1.12. The molecule has 0 aliphatic carbocycles. The molecule has 0 fully saturated rings. The first-order valence-corrected chi connectivity index (χ1v) is 9.24. The van der Waals surface area contributed by atoms with E-state index in [2.05, 4.69) is 16.5 Å². The number of ether oxygens (including phenoxy) is 2. The zero-order valence-electron chi connectivity index (χ0n) is 14.6. The molecular weight excluding hydrogens is 350 g/mol. The molecule has 134 valence electrons. The van der Waals surface area contributed by atoms with Gasteiger partial charge in [0.25, 0.3) is 5.91 Å². The summed E-state index contributed by atoms with van der Waals surface area (Å²) in [6, 6.07) is 11.3. The smallest absolute Gasteiger partial charge is 0.251 e. The number of thiophene rings is 1. The van der Waals surface area contributed by atoms with Crippen molar-refractivity contribution in [1.82, 2.24) is 15.1 Å². The molecule has 3 heterocycles. The van der Waals surface area contributed by atoms with Gasteiger partial charge in [0.05, 0.1) is 5.69 Å². The first-order valence-electron chi connectivity index (χ1n) is 8.36. The van der Waals surface area contributed by atoms with Crippen LogP contribution in [0.2, 0.25) is 0 Å². The van der Waals surface area contributed by atoms with Crippen molar-refractivity contribution in [2.45, 2.75) is 19.9 Å². The molecule has 0 bridgehead atoms. The van der Waals surface area contributed by atoms with Gasteiger partial charge in [0.15, 0.2) is 11.5 Å². The number of fused-ring (bicyclic) bond motifs is 1. The van der Waals surface area contributed by atoms with Gasteiger partial charge in [-0.05, 0) is 49.6 Å². The van der Waals surface area contributed by atoms with Crippen molar-refractivity contribution in [1.29, 1.82) is 0 Å². The number of amides is 1. The number of benzene rings is 1. The second kappa shape index (κ2) is 6.84. The Balaban J connectivity index is 1.53. The Bertz CT molecular complexity index is 934. The van der Waals surface area contributed by atoms with E-state index in [1.807, 2.05) is 36.0 Å². The van der Waals surface area contributed by atoms with Gasteiger partial charge in [-0.1, -0.05) is 6.07 Å². The summed E-state index contributed by atoms with van der Waals surface area (Å²) in [6.45, 7) is 4.65. The van der Waals surface area contributed by atoms with Crippen LogP contribution in [0.5, 0.6) is 11.5 Å². The largest absolute Gasteiger partial charge is 0.454 e. The van der Waals surface area contributed by atoms with E-state index in [1.165, 1.54) is 0 Å². The van der Waals surface area contributed by atoms with E-state index in [9.17, 15) is 4.79 Å². The minimum atomic E-state index is -0.147. The first-order chi connectivity index (χ1) is 12.6. The zero-order valence-corrected chi connectivity index (χ0v) is 15.4. The minimum absolute atomic E-state index is 0.0401. The number of carbonyl (C=O) groups is 1. The minimum Gasteiger partial charge on any atom is -0.454 e. The summed E-state index contributed by atoms with van der Waals surface area (Å²) >= 11 is 1.66. The molecule has 1 aliphatic rings. The Hall–Kier alpha value is -2.80. The van der Waals surface area contributed by atoms with Crippen molar-refractivity contribution in [2.75, 3.05) is 13.3 Å². The molecule has 0 saturated carbocycles. The van der Waals surface area contributed by atoms with Crippen LogP contribution in [0.4, 0.5) is 0 Å². The molecule has 26 heavy (non-hydrogen) atoms. The molecule has 2 aromatic heterocycles. The molecule has 1 N–H and O–H groups in total. The number of carbonyl (C=O) groups excluding carboxylic acids is 1. The molecule has 6 nitrogen and oxygen atoms in total. The second-order valence-electron chi connectivity index (χ2n) is 6.18. The van der Waals surface area contributed by atoms with Crippen LogP contribution >= 0.6 is 11.3 Å². The molecule has 1 atom stereocenters. The number of aryl methyl sites for hydroxylation is 2. The van der Waals surface area contributed by atoms with E-state index >= 15 is 0 Å². The predicted octanol–water partition coefficient (Wildman–Crippen LogP) is 3.31. The number of hydrogen-bond acceptors (Lipinski definition) is 5. The highest BCUT2D eigenvalue weighted by atomic mass is 32.1. The molecule has 0 radical (unpaired) electrons. The third kappa shape index (κ3) is 3.17. The quantitative estimate of drug-likeness (QED) is 0.749. The Morgan fingerprint density at radius 2 is 2.12 bits per heavy atom. The lowest BCUT2D eigenvalue weighted by Crippen LogP contribution is -2.31. The molecular formula is C19H19N3O3S. The number of aromatic nitrogens is 2. The highest BCUT2D eigenvalue weighted by Crippen LogP contribution is 2.32. The third-order valence-electron chi connectivity index (χ3n) is 4.30. The van der Waals surface area contributed by atoms with Gasteiger partial charge >= 0.3 is 0 Å². The van der Waals surface area contributed by atoms with Crippen LogP contribution in [0.3, 0.4) is 0 Å². The Morgan fingerprint density at radius 3 is 2.85 bits per heavy atom. The Kier molecular flexibility index (Phi) is 4.38. The highest BCUT2D eigenvalue weighted by molar-refractivity contribution is 7.10. The van der Waals surface area contributed by atoms with Crippen LogP contribution in [0.25, 0.3) is 0 Å². The van der Waals surface area contributed by atoms with Crippen LogP contribution in [0, 0.1) is 13.8 Å². The fourth-order valence-electron chi connectivity index (χ4n) is 3.08. The molecule has 1 amide bonds. The monoisotopic (exact) mass is 369 g/mol. The van der Waals surface area contributed by atoms with Crippen molar-refractivity contribution in [2.24, 2.45) is 0 Å². The van der Waals surface area contributed by atoms with E-state index in [0.717, 1.165) is 16.3 Å². The van der Waals surface area contributed by atoms with E-state index in [0.29, 0.717) is 23.6 Å². The number of nitrogens with zero attached hydrogens (tertiary/aromatic N) is 2. The lowest BCUT2D eigenvalue weighted by atomic mass is 10.1. The summed E-state index contributed by atoms with van der Waals surface area (Å²) in [7, 11) is 0. The molecule has 1 aromatic carbocycles. The Labute approximate surface area is 155 Å². The van der Waals surface area contributed by atoms with E-state index in [-0.39, 0.29) is 18.7 Å². The highest BCUT2D eigenvalue weighted by Gasteiger charge is 2.21. The zero-order chi connectivity index (χ0) is 18.1. The van der Waals surface area contributed by atoms with Gasteiger partial charge in [-0.2, -0.15) is 5.10 Å². The molecule has 0 unspecified atom stereocenters. The number of hydrogen-bond donors (Lipinski definition) is 1. The average Bonchev–Trinajstić information content (AvgIpc) is 3.36. The van der Waals surface area contributed by atoms with Crippen molar-refractivity contribution in [3.63, 3.8) is 0 Å². The maximum absolute atomic E-state index is 12.6. The van der Waals surface area contributed by atoms with E-state index < -0.39 is 0 Å². The van der Waals surface area contributed by atoms with Crippen LogP contribution in [-0.2, 0) is 0 Å². The van der Waals surface area contributed by atoms with Crippen molar-refractivity contribution in [3.8, 4) is 11.5 Å². The van der Waals surface area contributed by atoms with Gasteiger partial charge < -0.3 is 14.8 Å². The lowest BCUT2D eigenvalue weighted by Gasteiger charge is -2.19. The standard InChI is InChI=1S/C19H19N3O3S/c1-12-8-13(2)22(21-12)15(18-4-3-7-26-18)10-20-19(23)14-5-6-16-17(9-14)25-11-24-16/h3-9,15H,10-11H2,1-2H3,(H,20,23)/t15-/m1/s1. The normalized spacial score (nSPS) is 13.6. The second-order valence-corrected chi connectivity index (χ2v) is 7.16. The van der Waals surface area contributed by atoms with E-state index in [1.54, 1.807) is 29.5 Å². The van der Waals surface area contributed by atoms with Crippen molar-refractivity contribution < 1.29 is 14.3 Å². The summed E-state index contributed by atoms with van der Waals surface area (Å²) in [4.78, 5) is 13.8. The van der Waals surface area contributed by atoms with Crippen molar-refractivity contribution in [3.05, 3.63) is 63.6 Å². The molecule has 7 heteroatoms. The van der Waals surface area contributed by atoms with Gasteiger partial charge in [0, 0.05) is 22.7 Å². The van der Waals surface area contributed by atoms with Crippen LogP contribution < -0.4 is 14.8 Å². The number of rotatable bonds is 5. The summed E-state index contributed by atoms with van der Waals surface area (Å²) in [5, 5.41) is 9.66. The molecule has 0 spiro atoms. The fraction of sp³-hybridized carbons (Fsp3) is 0.263. The van der Waals surface area contributed by atoms with Gasteiger partial charge in [-0.3, -0.25) is 9.48 Å². The van der Waals surface area contributed by atoms with Crippen LogP contribution in [-0.4, -0.2) is 29.0 Å². The molecule has 0 saturated heterocycles. The summed E-state index contributed by atoms with van der Waals surface area (Å²) < 4.78 is 12.6.